The van der Waals surface area contributed by atoms with Gasteiger partial charge in [-0.15, -0.1) is 0 Å². The zero-order valence-electron chi connectivity index (χ0n) is 10.6. The predicted molar refractivity (Wildman–Crippen MR) is 71.2 cm³/mol. The molecule has 0 atom stereocenters. The Kier molecular flexibility index (Phi) is 9.69. The molecule has 0 amide bonds. The summed E-state index contributed by atoms with van der Waals surface area (Å²) < 4.78 is 22.2. The summed E-state index contributed by atoms with van der Waals surface area (Å²) in [4.78, 5) is 0. The Morgan fingerprint density at radius 3 is 1.75 bits per heavy atom. The topological polar surface area (TPSA) is 34.1 Å². The number of hydrogen-bond donors (Lipinski definition) is 0. The second-order valence-corrected chi connectivity index (χ2v) is 6.43. The standard InChI is InChI=1S/C13H26O2S/c1-3-5-6-7-8-9-10-11-12-13-16(14,15)4-2/h4H,2-3,5-13H2,1H3. The molecule has 0 saturated carbocycles. The number of rotatable bonds is 11. The van der Waals surface area contributed by atoms with Crippen LogP contribution in [0.4, 0.5) is 0 Å². The summed E-state index contributed by atoms with van der Waals surface area (Å²) in [5, 5.41) is 1.07. The molecule has 0 radical (unpaired) electrons. The van der Waals surface area contributed by atoms with E-state index in [0.29, 0.717) is 0 Å². The van der Waals surface area contributed by atoms with Gasteiger partial charge in [-0.1, -0.05) is 64.9 Å². The van der Waals surface area contributed by atoms with E-state index in [0.717, 1.165) is 18.2 Å². The summed E-state index contributed by atoms with van der Waals surface area (Å²) in [6, 6.07) is 0. The van der Waals surface area contributed by atoms with E-state index < -0.39 is 9.84 Å². The first kappa shape index (κ1) is 15.7. The van der Waals surface area contributed by atoms with Crippen LogP contribution in [-0.2, 0) is 9.84 Å². The molecular formula is C13H26O2S. The van der Waals surface area contributed by atoms with E-state index >= 15 is 0 Å². The zero-order chi connectivity index (χ0) is 12.3. The van der Waals surface area contributed by atoms with Crippen molar-refractivity contribution in [2.45, 2.75) is 64.7 Å². The molecule has 0 aliphatic heterocycles. The Labute approximate surface area is 101 Å². The molecule has 0 rings (SSSR count). The number of hydrogen-bond acceptors (Lipinski definition) is 2. The van der Waals surface area contributed by atoms with Crippen molar-refractivity contribution >= 4 is 9.84 Å². The van der Waals surface area contributed by atoms with Crippen LogP contribution < -0.4 is 0 Å². The Morgan fingerprint density at radius 1 is 0.875 bits per heavy atom. The van der Waals surface area contributed by atoms with Crippen molar-refractivity contribution in [1.29, 1.82) is 0 Å². The maximum absolute atomic E-state index is 11.1. The lowest BCUT2D eigenvalue weighted by Crippen LogP contribution is -2.01. The summed E-state index contributed by atoms with van der Waals surface area (Å²) in [6.45, 7) is 5.52. The van der Waals surface area contributed by atoms with E-state index in [4.69, 9.17) is 0 Å². The number of sulfone groups is 1. The Bertz CT molecular complexity index is 255. The highest BCUT2D eigenvalue weighted by Crippen LogP contribution is 2.10. The number of unbranched alkanes of at least 4 members (excludes halogenated alkanes) is 8. The lowest BCUT2D eigenvalue weighted by Gasteiger charge is -2.01. The SMILES string of the molecule is C=CS(=O)(=O)CCCCCCCCCCC. The lowest BCUT2D eigenvalue weighted by molar-refractivity contribution is 0.567. The average molecular weight is 246 g/mol. The molecule has 3 heteroatoms. The van der Waals surface area contributed by atoms with Gasteiger partial charge in [-0.05, 0) is 6.42 Å². The predicted octanol–water partition coefficient (Wildman–Crippen LogP) is 4.08. The van der Waals surface area contributed by atoms with Crippen molar-refractivity contribution in [3.05, 3.63) is 12.0 Å². The van der Waals surface area contributed by atoms with E-state index in [-0.39, 0.29) is 5.75 Å². The molecule has 0 saturated heterocycles. The fourth-order valence-electron chi connectivity index (χ4n) is 1.70. The molecule has 0 aromatic heterocycles. The van der Waals surface area contributed by atoms with Crippen LogP contribution in [0.3, 0.4) is 0 Å². The molecule has 0 aromatic carbocycles. The van der Waals surface area contributed by atoms with Crippen molar-refractivity contribution in [2.24, 2.45) is 0 Å². The molecule has 0 heterocycles. The summed E-state index contributed by atoms with van der Waals surface area (Å²) in [5.41, 5.74) is 0. The maximum atomic E-state index is 11.1. The fraction of sp³-hybridized carbons (Fsp3) is 0.846. The quantitative estimate of drug-likeness (QED) is 0.515. The monoisotopic (exact) mass is 246 g/mol. The van der Waals surface area contributed by atoms with Crippen LogP contribution >= 0.6 is 0 Å². The van der Waals surface area contributed by atoms with Gasteiger partial charge in [-0.2, -0.15) is 0 Å². The minimum atomic E-state index is -2.96. The third-order valence-corrected chi connectivity index (χ3v) is 4.15. The van der Waals surface area contributed by atoms with Crippen LogP contribution in [0.5, 0.6) is 0 Å². The third-order valence-electron chi connectivity index (χ3n) is 2.79. The van der Waals surface area contributed by atoms with Crippen molar-refractivity contribution < 1.29 is 8.42 Å². The van der Waals surface area contributed by atoms with Crippen LogP contribution in [-0.4, -0.2) is 14.2 Å². The minimum Gasteiger partial charge on any atom is -0.224 e. The second kappa shape index (κ2) is 9.88. The molecule has 0 bridgehead atoms. The molecule has 0 aromatic rings. The highest BCUT2D eigenvalue weighted by atomic mass is 32.2. The fourth-order valence-corrected chi connectivity index (χ4v) is 2.47. The summed E-state index contributed by atoms with van der Waals surface area (Å²) >= 11 is 0. The normalized spacial score (nSPS) is 11.6. The summed E-state index contributed by atoms with van der Waals surface area (Å²) in [6.07, 6.45) is 10.8. The largest absolute Gasteiger partial charge is 0.224 e. The van der Waals surface area contributed by atoms with E-state index in [2.05, 4.69) is 13.5 Å². The minimum absolute atomic E-state index is 0.270. The highest BCUT2D eigenvalue weighted by molar-refractivity contribution is 7.94. The first-order valence-electron chi connectivity index (χ1n) is 6.47. The molecule has 0 aliphatic carbocycles. The maximum Gasteiger partial charge on any atom is 0.171 e. The van der Waals surface area contributed by atoms with Gasteiger partial charge in [-0.25, -0.2) is 8.42 Å². The van der Waals surface area contributed by atoms with Gasteiger partial charge in [0.25, 0.3) is 0 Å². The average Bonchev–Trinajstić information content (AvgIpc) is 2.27. The van der Waals surface area contributed by atoms with Crippen LogP contribution in [0.25, 0.3) is 0 Å². The summed E-state index contributed by atoms with van der Waals surface area (Å²) in [5.74, 6) is 0.270. The third kappa shape index (κ3) is 10.2. The van der Waals surface area contributed by atoms with E-state index in [1.165, 1.54) is 44.9 Å². The van der Waals surface area contributed by atoms with Gasteiger partial charge >= 0.3 is 0 Å². The van der Waals surface area contributed by atoms with Crippen molar-refractivity contribution in [3.8, 4) is 0 Å². The van der Waals surface area contributed by atoms with Gasteiger partial charge in [0.15, 0.2) is 9.84 Å². The van der Waals surface area contributed by atoms with Crippen LogP contribution in [0.15, 0.2) is 12.0 Å². The van der Waals surface area contributed by atoms with Crippen LogP contribution in [0, 0.1) is 0 Å². The Morgan fingerprint density at radius 2 is 1.31 bits per heavy atom. The molecule has 16 heavy (non-hydrogen) atoms. The zero-order valence-corrected chi connectivity index (χ0v) is 11.4. The van der Waals surface area contributed by atoms with E-state index in [1.54, 1.807) is 0 Å². The Hall–Kier alpha value is -0.310. The van der Waals surface area contributed by atoms with Crippen molar-refractivity contribution in [3.63, 3.8) is 0 Å². The van der Waals surface area contributed by atoms with Gasteiger partial charge in [0.2, 0.25) is 0 Å². The molecule has 2 nitrogen and oxygen atoms in total. The summed E-state index contributed by atoms with van der Waals surface area (Å²) in [7, 11) is -2.96. The second-order valence-electron chi connectivity index (χ2n) is 4.36. The molecule has 0 spiro atoms. The van der Waals surface area contributed by atoms with Crippen LogP contribution in [0.2, 0.25) is 0 Å². The molecule has 96 valence electrons. The van der Waals surface area contributed by atoms with Gasteiger partial charge in [-0.3, -0.25) is 0 Å². The van der Waals surface area contributed by atoms with Gasteiger partial charge in [0.05, 0.1) is 5.75 Å². The molecular weight excluding hydrogens is 220 g/mol. The lowest BCUT2D eigenvalue weighted by atomic mass is 10.1. The van der Waals surface area contributed by atoms with Crippen molar-refractivity contribution in [2.75, 3.05) is 5.75 Å². The van der Waals surface area contributed by atoms with Crippen molar-refractivity contribution in [1.82, 2.24) is 0 Å². The van der Waals surface area contributed by atoms with E-state index in [9.17, 15) is 8.42 Å². The molecule has 0 aliphatic rings. The van der Waals surface area contributed by atoms with Gasteiger partial charge in [0.1, 0.15) is 0 Å². The smallest absolute Gasteiger partial charge is 0.171 e. The first-order chi connectivity index (χ1) is 7.62. The van der Waals surface area contributed by atoms with Gasteiger partial charge < -0.3 is 0 Å². The first-order valence-corrected chi connectivity index (χ1v) is 8.19. The Balaban J connectivity index is 3.19. The molecule has 0 fully saturated rings. The van der Waals surface area contributed by atoms with Gasteiger partial charge in [0, 0.05) is 5.41 Å². The highest BCUT2D eigenvalue weighted by Gasteiger charge is 2.03. The van der Waals surface area contributed by atoms with Crippen LogP contribution in [0.1, 0.15) is 64.7 Å². The molecule has 0 unspecified atom stereocenters. The molecule has 0 N–H and O–H groups in total. The van der Waals surface area contributed by atoms with E-state index in [1.807, 2.05) is 0 Å².